The van der Waals surface area contributed by atoms with Crippen molar-refractivity contribution in [3.05, 3.63) is 23.8 Å². The third kappa shape index (κ3) is 5.35. The van der Waals surface area contributed by atoms with Crippen LogP contribution in [0.3, 0.4) is 0 Å². The zero-order valence-corrected chi connectivity index (χ0v) is 16.5. The third-order valence-electron chi connectivity index (χ3n) is 3.60. The summed E-state index contributed by atoms with van der Waals surface area (Å²) in [5.74, 6) is 1.63. The highest BCUT2D eigenvalue weighted by Crippen LogP contribution is 2.27. The van der Waals surface area contributed by atoms with Crippen LogP contribution >= 0.6 is 11.8 Å². The predicted octanol–water partition coefficient (Wildman–Crippen LogP) is 2.14. The maximum absolute atomic E-state index is 12.4. The molecule has 0 aliphatic heterocycles. The lowest BCUT2D eigenvalue weighted by Gasteiger charge is -2.13. The van der Waals surface area contributed by atoms with Crippen LogP contribution in [0, 0.1) is 5.92 Å². The first-order valence-electron chi connectivity index (χ1n) is 8.36. The van der Waals surface area contributed by atoms with Gasteiger partial charge in [-0.1, -0.05) is 31.7 Å². The van der Waals surface area contributed by atoms with E-state index in [2.05, 4.69) is 34.7 Å². The van der Waals surface area contributed by atoms with Gasteiger partial charge in [0.15, 0.2) is 11.5 Å². The summed E-state index contributed by atoms with van der Waals surface area (Å²) in [5.41, 5.74) is 0.929. The molecular formula is C17H25N5O3S. The van der Waals surface area contributed by atoms with Crippen LogP contribution in [0.5, 0.6) is 11.5 Å². The van der Waals surface area contributed by atoms with Crippen molar-refractivity contribution in [2.75, 3.05) is 14.2 Å². The molecule has 1 amide bonds. The van der Waals surface area contributed by atoms with Gasteiger partial charge in [-0.05, 0) is 41.0 Å². The van der Waals surface area contributed by atoms with Crippen LogP contribution in [0.15, 0.2) is 23.4 Å². The van der Waals surface area contributed by atoms with E-state index in [0.717, 1.165) is 12.1 Å². The molecule has 2 rings (SSSR count). The lowest BCUT2D eigenvalue weighted by molar-refractivity contribution is -0.120. The van der Waals surface area contributed by atoms with Crippen molar-refractivity contribution < 1.29 is 14.3 Å². The van der Waals surface area contributed by atoms with E-state index < -0.39 is 0 Å². The van der Waals surface area contributed by atoms with Crippen molar-refractivity contribution in [1.29, 1.82) is 0 Å². The van der Waals surface area contributed by atoms with Crippen LogP contribution in [0.4, 0.5) is 0 Å². The molecule has 1 atom stereocenters. The molecule has 2 aromatic rings. The molecule has 142 valence electrons. The van der Waals surface area contributed by atoms with Gasteiger partial charge in [0.25, 0.3) is 0 Å². The second-order valence-corrected chi connectivity index (χ2v) is 7.51. The number of rotatable bonds is 9. The van der Waals surface area contributed by atoms with E-state index in [4.69, 9.17) is 9.47 Å². The second-order valence-electron chi connectivity index (χ2n) is 6.20. The van der Waals surface area contributed by atoms with Crippen LogP contribution in [0.25, 0.3) is 0 Å². The molecular weight excluding hydrogens is 354 g/mol. The van der Waals surface area contributed by atoms with Gasteiger partial charge in [0.05, 0.1) is 19.5 Å². The average molecular weight is 379 g/mol. The van der Waals surface area contributed by atoms with Crippen LogP contribution in [0.1, 0.15) is 26.3 Å². The van der Waals surface area contributed by atoms with Crippen LogP contribution in [0.2, 0.25) is 0 Å². The van der Waals surface area contributed by atoms with Gasteiger partial charge in [-0.25, -0.2) is 4.68 Å². The molecule has 1 N–H and O–H groups in total. The standard InChI is InChI=1S/C17H25N5O3S/c1-11(2)10-22-17(19-20-21-22)26-12(3)16(23)18-9-13-6-7-14(24-4)15(8-13)25-5/h6-8,11-12H,9-10H2,1-5H3,(H,18,23)/t12-/m0/s1. The maximum Gasteiger partial charge on any atom is 0.233 e. The Hall–Kier alpha value is -2.29. The number of aromatic nitrogens is 4. The number of methoxy groups -OCH3 is 2. The lowest BCUT2D eigenvalue weighted by atomic mass is 10.2. The molecule has 1 aromatic carbocycles. The number of thioether (sulfide) groups is 1. The minimum Gasteiger partial charge on any atom is -0.493 e. The number of carbonyl (C=O) groups is 1. The van der Waals surface area contributed by atoms with Crippen molar-refractivity contribution in [2.24, 2.45) is 5.92 Å². The normalized spacial score (nSPS) is 12.1. The van der Waals surface area contributed by atoms with Gasteiger partial charge >= 0.3 is 0 Å². The summed E-state index contributed by atoms with van der Waals surface area (Å²) >= 11 is 1.35. The highest BCUT2D eigenvalue weighted by molar-refractivity contribution is 8.00. The monoisotopic (exact) mass is 379 g/mol. The molecule has 1 aromatic heterocycles. The Morgan fingerprint density at radius 2 is 1.96 bits per heavy atom. The van der Waals surface area contributed by atoms with Gasteiger partial charge in [0.1, 0.15) is 0 Å². The first-order valence-corrected chi connectivity index (χ1v) is 9.24. The van der Waals surface area contributed by atoms with Crippen molar-refractivity contribution in [1.82, 2.24) is 25.5 Å². The molecule has 0 saturated carbocycles. The summed E-state index contributed by atoms with van der Waals surface area (Å²) in [4.78, 5) is 12.4. The highest BCUT2D eigenvalue weighted by Gasteiger charge is 2.19. The first kappa shape index (κ1) is 20.0. The van der Waals surface area contributed by atoms with E-state index in [9.17, 15) is 4.79 Å². The molecule has 26 heavy (non-hydrogen) atoms. The molecule has 0 bridgehead atoms. The lowest BCUT2D eigenvalue weighted by Crippen LogP contribution is -2.30. The number of benzene rings is 1. The van der Waals surface area contributed by atoms with E-state index in [1.807, 2.05) is 25.1 Å². The molecule has 0 saturated heterocycles. The molecule has 9 heteroatoms. The van der Waals surface area contributed by atoms with Crippen LogP contribution < -0.4 is 14.8 Å². The second kappa shape index (κ2) is 9.42. The molecule has 1 heterocycles. The number of nitrogens with one attached hydrogen (secondary N) is 1. The molecule has 0 aliphatic carbocycles. The minimum absolute atomic E-state index is 0.0797. The Kier molecular flexibility index (Phi) is 7.26. The Labute approximate surface area is 157 Å². The van der Waals surface area contributed by atoms with Gasteiger partial charge in [-0.2, -0.15) is 0 Å². The summed E-state index contributed by atoms with van der Waals surface area (Å²) in [6.45, 7) is 7.14. The van der Waals surface area contributed by atoms with E-state index in [1.54, 1.807) is 18.9 Å². The Bertz CT molecular complexity index is 735. The number of hydrogen-bond acceptors (Lipinski definition) is 7. The van der Waals surface area contributed by atoms with E-state index in [0.29, 0.717) is 29.1 Å². The number of carbonyl (C=O) groups excluding carboxylic acids is 1. The minimum atomic E-state index is -0.313. The van der Waals surface area contributed by atoms with Crippen molar-refractivity contribution >= 4 is 17.7 Å². The first-order chi connectivity index (χ1) is 12.4. The molecule has 0 radical (unpaired) electrons. The number of nitrogens with zero attached hydrogens (tertiary/aromatic N) is 4. The van der Waals surface area contributed by atoms with Crippen LogP contribution in [-0.2, 0) is 17.9 Å². The molecule has 8 nitrogen and oxygen atoms in total. The summed E-state index contributed by atoms with van der Waals surface area (Å²) in [6, 6.07) is 5.56. The summed E-state index contributed by atoms with van der Waals surface area (Å²) in [6.07, 6.45) is 0. The zero-order valence-electron chi connectivity index (χ0n) is 15.7. The third-order valence-corrected chi connectivity index (χ3v) is 4.67. The predicted molar refractivity (Wildman–Crippen MR) is 99.4 cm³/mol. The average Bonchev–Trinajstić information content (AvgIpc) is 3.05. The fourth-order valence-electron chi connectivity index (χ4n) is 2.28. The fourth-order valence-corrected chi connectivity index (χ4v) is 3.10. The molecule has 0 spiro atoms. The van der Waals surface area contributed by atoms with Crippen molar-refractivity contribution in [2.45, 2.75) is 44.3 Å². The largest absolute Gasteiger partial charge is 0.493 e. The Morgan fingerprint density at radius 1 is 1.23 bits per heavy atom. The molecule has 0 fully saturated rings. The summed E-state index contributed by atoms with van der Waals surface area (Å²) < 4.78 is 12.2. The molecule has 0 aliphatic rings. The van der Waals surface area contributed by atoms with Gasteiger partial charge in [0.2, 0.25) is 11.1 Å². The highest BCUT2D eigenvalue weighted by atomic mass is 32.2. The van der Waals surface area contributed by atoms with Crippen molar-refractivity contribution in [3.8, 4) is 11.5 Å². The number of hydrogen-bond donors (Lipinski definition) is 1. The smallest absolute Gasteiger partial charge is 0.233 e. The SMILES string of the molecule is COc1ccc(CNC(=O)[C@H](C)Sc2nnnn2CC(C)C)cc1OC. The summed E-state index contributed by atoms with van der Waals surface area (Å²) in [5, 5.41) is 14.9. The number of tetrazole rings is 1. The fraction of sp³-hybridized carbons (Fsp3) is 0.529. The quantitative estimate of drug-likeness (QED) is 0.668. The maximum atomic E-state index is 12.4. The van der Waals surface area contributed by atoms with Crippen LogP contribution in [-0.4, -0.2) is 45.6 Å². The molecule has 0 unspecified atom stereocenters. The number of amides is 1. The van der Waals surface area contributed by atoms with Crippen molar-refractivity contribution in [3.63, 3.8) is 0 Å². The van der Waals surface area contributed by atoms with E-state index in [-0.39, 0.29) is 11.2 Å². The Balaban J connectivity index is 1.92. The van der Waals surface area contributed by atoms with E-state index in [1.165, 1.54) is 11.8 Å². The van der Waals surface area contributed by atoms with Gasteiger partial charge < -0.3 is 14.8 Å². The summed E-state index contributed by atoms with van der Waals surface area (Å²) in [7, 11) is 3.17. The van der Waals surface area contributed by atoms with E-state index >= 15 is 0 Å². The Morgan fingerprint density at radius 3 is 2.62 bits per heavy atom. The van der Waals surface area contributed by atoms with Gasteiger partial charge in [0, 0.05) is 13.1 Å². The van der Waals surface area contributed by atoms with Gasteiger partial charge in [-0.3, -0.25) is 4.79 Å². The van der Waals surface area contributed by atoms with Gasteiger partial charge in [-0.15, -0.1) is 5.10 Å². The zero-order chi connectivity index (χ0) is 19.1. The number of ether oxygens (including phenoxy) is 2. The topological polar surface area (TPSA) is 91.2 Å².